The largest absolute Gasteiger partial charge is 0.396 e. The summed E-state index contributed by atoms with van der Waals surface area (Å²) in [5, 5.41) is 9.67. The number of anilines is 1. The average Bonchev–Trinajstić information content (AvgIpc) is 2.40. The van der Waals surface area contributed by atoms with Crippen molar-refractivity contribution in [3.8, 4) is 0 Å². The van der Waals surface area contributed by atoms with Gasteiger partial charge in [-0.1, -0.05) is 17.7 Å². The van der Waals surface area contributed by atoms with Crippen LogP contribution in [-0.2, 0) is 4.74 Å². The normalized spacial score (nSPS) is 23.9. The molecule has 0 aromatic heterocycles. The second-order valence-corrected chi connectivity index (χ2v) is 5.51. The summed E-state index contributed by atoms with van der Waals surface area (Å²) in [6.07, 6.45) is 2.09. The van der Waals surface area contributed by atoms with Crippen LogP contribution < -0.4 is 4.90 Å². The second-order valence-electron chi connectivity index (χ2n) is 5.51. The van der Waals surface area contributed by atoms with Crippen molar-refractivity contribution in [2.45, 2.75) is 19.8 Å². The van der Waals surface area contributed by atoms with Crippen LogP contribution in [0.15, 0.2) is 24.3 Å². The predicted octanol–water partition coefficient (Wildman–Crippen LogP) is 2.22. The lowest BCUT2D eigenvalue weighted by Gasteiger charge is -2.39. The topological polar surface area (TPSA) is 32.7 Å². The van der Waals surface area contributed by atoms with Crippen molar-refractivity contribution >= 4 is 5.69 Å². The van der Waals surface area contributed by atoms with E-state index in [2.05, 4.69) is 43.1 Å². The van der Waals surface area contributed by atoms with Crippen molar-refractivity contribution in [1.82, 2.24) is 0 Å². The molecule has 1 N–H and O–H groups in total. The van der Waals surface area contributed by atoms with Gasteiger partial charge in [0.25, 0.3) is 0 Å². The Balaban J connectivity index is 2.04. The summed E-state index contributed by atoms with van der Waals surface area (Å²) in [4.78, 5) is 2.21. The Kier molecular flexibility index (Phi) is 4.25. The molecule has 0 amide bonds. The molecule has 1 aliphatic rings. The van der Waals surface area contributed by atoms with Gasteiger partial charge in [-0.15, -0.1) is 0 Å². The predicted molar refractivity (Wildman–Crippen MR) is 74.0 cm³/mol. The summed E-state index contributed by atoms with van der Waals surface area (Å²) in [6.45, 7) is 4.62. The molecule has 0 spiro atoms. The highest BCUT2D eigenvalue weighted by atomic mass is 16.5. The molecule has 3 nitrogen and oxygen atoms in total. The average molecular weight is 249 g/mol. The summed E-state index contributed by atoms with van der Waals surface area (Å²) >= 11 is 0. The van der Waals surface area contributed by atoms with E-state index in [0.29, 0.717) is 6.61 Å². The summed E-state index contributed by atoms with van der Waals surface area (Å²) in [5.41, 5.74) is 2.36. The maximum absolute atomic E-state index is 9.67. The summed E-state index contributed by atoms with van der Waals surface area (Å²) < 4.78 is 5.55. The molecule has 0 saturated carbocycles. The van der Waals surface area contributed by atoms with Gasteiger partial charge >= 0.3 is 0 Å². The molecular formula is C15H23NO2. The molecule has 2 rings (SSSR count). The van der Waals surface area contributed by atoms with E-state index in [1.807, 2.05) is 0 Å². The minimum Gasteiger partial charge on any atom is -0.396 e. The third-order valence-electron chi connectivity index (χ3n) is 3.79. The molecule has 1 heterocycles. The highest BCUT2D eigenvalue weighted by molar-refractivity contribution is 5.46. The number of rotatable bonds is 4. The van der Waals surface area contributed by atoms with E-state index in [1.54, 1.807) is 0 Å². The quantitative estimate of drug-likeness (QED) is 0.888. The molecule has 1 unspecified atom stereocenters. The van der Waals surface area contributed by atoms with Gasteiger partial charge in [-0.25, -0.2) is 0 Å². The van der Waals surface area contributed by atoms with Crippen LogP contribution >= 0.6 is 0 Å². The van der Waals surface area contributed by atoms with Crippen LogP contribution in [0.2, 0.25) is 0 Å². The number of aliphatic hydroxyl groups is 1. The maximum Gasteiger partial charge on any atom is 0.0561 e. The fourth-order valence-electron chi connectivity index (χ4n) is 2.60. The zero-order valence-electron chi connectivity index (χ0n) is 11.4. The number of hydrogen-bond donors (Lipinski definition) is 1. The van der Waals surface area contributed by atoms with Crippen LogP contribution in [0.4, 0.5) is 5.69 Å². The molecule has 100 valence electrons. The fourth-order valence-corrected chi connectivity index (χ4v) is 2.60. The lowest BCUT2D eigenvalue weighted by atomic mass is 9.83. The van der Waals surface area contributed by atoms with Gasteiger partial charge in [-0.3, -0.25) is 0 Å². The first-order valence-corrected chi connectivity index (χ1v) is 6.62. The second kappa shape index (κ2) is 5.72. The molecular weight excluding hydrogens is 226 g/mol. The van der Waals surface area contributed by atoms with E-state index in [0.717, 1.165) is 26.0 Å². The minimum atomic E-state index is -0.0993. The van der Waals surface area contributed by atoms with Gasteiger partial charge in [0.15, 0.2) is 0 Å². The van der Waals surface area contributed by atoms with Crippen molar-refractivity contribution < 1.29 is 9.84 Å². The number of benzene rings is 1. The lowest BCUT2D eigenvalue weighted by molar-refractivity contribution is -0.0331. The standard InChI is InChI=1S/C15H23NO2/c1-13-4-6-14(7-5-13)16(2)10-15(11-17)8-3-9-18-12-15/h4-7,17H,3,8-12H2,1-2H3. The third kappa shape index (κ3) is 3.03. The van der Waals surface area contributed by atoms with Gasteiger partial charge in [-0.2, -0.15) is 0 Å². The Morgan fingerprint density at radius 2 is 2.06 bits per heavy atom. The van der Waals surface area contributed by atoms with E-state index in [9.17, 15) is 5.11 Å². The molecule has 1 aromatic carbocycles. The number of nitrogens with zero attached hydrogens (tertiary/aromatic N) is 1. The van der Waals surface area contributed by atoms with Crippen LogP contribution in [0, 0.1) is 12.3 Å². The molecule has 1 saturated heterocycles. The van der Waals surface area contributed by atoms with Crippen LogP contribution in [0.25, 0.3) is 0 Å². The van der Waals surface area contributed by atoms with E-state index >= 15 is 0 Å². The first-order chi connectivity index (χ1) is 8.65. The third-order valence-corrected chi connectivity index (χ3v) is 3.79. The monoisotopic (exact) mass is 249 g/mol. The van der Waals surface area contributed by atoms with Crippen LogP contribution in [0.5, 0.6) is 0 Å². The van der Waals surface area contributed by atoms with Crippen molar-refractivity contribution in [2.75, 3.05) is 38.3 Å². The van der Waals surface area contributed by atoms with E-state index in [1.165, 1.54) is 11.3 Å². The Morgan fingerprint density at radius 1 is 1.33 bits per heavy atom. The Hall–Kier alpha value is -1.06. The van der Waals surface area contributed by atoms with Gasteiger partial charge in [0.1, 0.15) is 0 Å². The van der Waals surface area contributed by atoms with Crippen LogP contribution in [-0.4, -0.2) is 38.5 Å². The first kappa shape index (κ1) is 13.4. The van der Waals surface area contributed by atoms with Gasteiger partial charge in [0.05, 0.1) is 13.2 Å². The Bertz CT molecular complexity index is 369. The fraction of sp³-hybridized carbons (Fsp3) is 0.600. The zero-order chi connectivity index (χ0) is 13.0. The Labute approximate surface area is 109 Å². The first-order valence-electron chi connectivity index (χ1n) is 6.62. The van der Waals surface area contributed by atoms with E-state index in [-0.39, 0.29) is 12.0 Å². The van der Waals surface area contributed by atoms with Crippen LogP contribution in [0.3, 0.4) is 0 Å². The number of ether oxygens (including phenoxy) is 1. The summed E-state index contributed by atoms with van der Waals surface area (Å²) in [7, 11) is 2.08. The molecule has 0 bridgehead atoms. The molecule has 18 heavy (non-hydrogen) atoms. The lowest BCUT2D eigenvalue weighted by Crippen LogP contribution is -2.44. The molecule has 3 heteroatoms. The SMILES string of the molecule is Cc1ccc(N(C)CC2(CO)CCCOC2)cc1. The highest BCUT2D eigenvalue weighted by Crippen LogP contribution is 2.30. The highest BCUT2D eigenvalue weighted by Gasteiger charge is 2.33. The molecule has 0 aliphatic carbocycles. The van der Waals surface area contributed by atoms with Crippen molar-refractivity contribution in [2.24, 2.45) is 5.41 Å². The van der Waals surface area contributed by atoms with E-state index in [4.69, 9.17) is 4.74 Å². The van der Waals surface area contributed by atoms with Crippen molar-refractivity contribution in [3.63, 3.8) is 0 Å². The number of aliphatic hydroxyl groups excluding tert-OH is 1. The summed E-state index contributed by atoms with van der Waals surface area (Å²) in [6, 6.07) is 8.50. The molecule has 1 aliphatic heterocycles. The van der Waals surface area contributed by atoms with Gasteiger partial charge in [0, 0.05) is 31.3 Å². The minimum absolute atomic E-state index is 0.0993. The van der Waals surface area contributed by atoms with Crippen molar-refractivity contribution in [1.29, 1.82) is 0 Å². The van der Waals surface area contributed by atoms with Gasteiger partial charge < -0.3 is 14.7 Å². The molecule has 1 fully saturated rings. The smallest absolute Gasteiger partial charge is 0.0561 e. The van der Waals surface area contributed by atoms with E-state index < -0.39 is 0 Å². The van der Waals surface area contributed by atoms with Gasteiger partial charge in [-0.05, 0) is 31.9 Å². The molecule has 0 radical (unpaired) electrons. The van der Waals surface area contributed by atoms with Crippen LogP contribution in [0.1, 0.15) is 18.4 Å². The molecule has 1 atom stereocenters. The Morgan fingerprint density at radius 3 is 2.61 bits per heavy atom. The molecule has 1 aromatic rings. The van der Waals surface area contributed by atoms with Gasteiger partial charge in [0.2, 0.25) is 0 Å². The zero-order valence-corrected chi connectivity index (χ0v) is 11.4. The number of hydrogen-bond acceptors (Lipinski definition) is 3. The maximum atomic E-state index is 9.67. The summed E-state index contributed by atoms with van der Waals surface area (Å²) in [5.74, 6) is 0. The number of aryl methyl sites for hydroxylation is 1. The van der Waals surface area contributed by atoms with Crippen molar-refractivity contribution in [3.05, 3.63) is 29.8 Å².